The Morgan fingerprint density at radius 1 is 1.24 bits per heavy atom. The predicted octanol–water partition coefficient (Wildman–Crippen LogP) is 0.874. The molecule has 4 aromatic heterocycles. The summed E-state index contributed by atoms with van der Waals surface area (Å²) in [5.41, 5.74) is 2.86. The summed E-state index contributed by atoms with van der Waals surface area (Å²) in [6.45, 7) is 0.311. The van der Waals surface area contributed by atoms with Crippen LogP contribution < -0.4 is 5.32 Å². The van der Waals surface area contributed by atoms with Gasteiger partial charge in [-0.15, -0.1) is 0 Å². The summed E-state index contributed by atoms with van der Waals surface area (Å²) in [6, 6.07) is 5.46. The normalized spacial score (nSPS) is 10.9. The SMILES string of the molecule is Cn1ncc2ncc(C(=O)NCc3cccnc3-n3cncn3)cc21. The fraction of sp³-hybridized carbons (Fsp3) is 0.125. The van der Waals surface area contributed by atoms with Crippen molar-refractivity contribution in [1.29, 1.82) is 0 Å². The number of hydrogen-bond donors (Lipinski definition) is 1. The molecule has 9 heteroatoms. The topological polar surface area (TPSA) is 103 Å². The van der Waals surface area contributed by atoms with E-state index in [1.54, 1.807) is 40.3 Å². The highest BCUT2D eigenvalue weighted by molar-refractivity contribution is 5.96. The van der Waals surface area contributed by atoms with Crippen LogP contribution in [0.4, 0.5) is 0 Å². The minimum atomic E-state index is -0.219. The van der Waals surface area contributed by atoms with Gasteiger partial charge in [0.1, 0.15) is 18.2 Å². The van der Waals surface area contributed by atoms with Crippen molar-refractivity contribution in [2.45, 2.75) is 6.54 Å². The van der Waals surface area contributed by atoms with Crippen LogP contribution in [0.5, 0.6) is 0 Å². The molecule has 0 spiro atoms. The summed E-state index contributed by atoms with van der Waals surface area (Å²) in [5, 5.41) is 11.1. The standard InChI is InChI=1S/C16H14N8O/c1-23-14-5-12(7-19-13(14)8-21-23)16(25)20-6-11-3-2-4-18-15(11)24-10-17-9-22-24/h2-5,7-10H,6H2,1H3,(H,20,25). The van der Waals surface area contributed by atoms with E-state index in [2.05, 4.69) is 30.5 Å². The lowest BCUT2D eigenvalue weighted by Gasteiger charge is -2.09. The van der Waals surface area contributed by atoms with Gasteiger partial charge in [0.2, 0.25) is 0 Å². The molecule has 0 aliphatic rings. The lowest BCUT2D eigenvalue weighted by molar-refractivity contribution is 0.0950. The van der Waals surface area contributed by atoms with Crippen molar-refractivity contribution in [1.82, 2.24) is 39.8 Å². The van der Waals surface area contributed by atoms with Crippen LogP contribution in [0.2, 0.25) is 0 Å². The zero-order chi connectivity index (χ0) is 17.2. The number of pyridine rings is 2. The fourth-order valence-electron chi connectivity index (χ4n) is 2.52. The lowest BCUT2D eigenvalue weighted by Crippen LogP contribution is -2.24. The van der Waals surface area contributed by atoms with Crippen LogP contribution >= 0.6 is 0 Å². The fourth-order valence-corrected chi connectivity index (χ4v) is 2.52. The molecule has 124 valence electrons. The van der Waals surface area contributed by atoms with Crippen LogP contribution in [0.25, 0.3) is 16.9 Å². The molecule has 9 nitrogen and oxygen atoms in total. The predicted molar refractivity (Wildman–Crippen MR) is 88.8 cm³/mol. The van der Waals surface area contributed by atoms with Crippen LogP contribution in [0.3, 0.4) is 0 Å². The third-order valence-corrected chi connectivity index (χ3v) is 3.80. The first-order chi connectivity index (χ1) is 12.2. The first-order valence-corrected chi connectivity index (χ1v) is 7.57. The quantitative estimate of drug-likeness (QED) is 0.594. The van der Waals surface area contributed by atoms with Crippen LogP contribution in [-0.4, -0.2) is 40.4 Å². The second kappa shape index (κ2) is 6.11. The van der Waals surface area contributed by atoms with E-state index in [-0.39, 0.29) is 5.91 Å². The molecular weight excluding hydrogens is 320 g/mol. The van der Waals surface area contributed by atoms with Gasteiger partial charge in [-0.05, 0) is 12.1 Å². The van der Waals surface area contributed by atoms with E-state index in [0.29, 0.717) is 17.9 Å². The smallest absolute Gasteiger partial charge is 0.253 e. The molecular formula is C16H14N8O. The maximum atomic E-state index is 12.5. The van der Waals surface area contributed by atoms with E-state index in [4.69, 9.17) is 0 Å². The highest BCUT2D eigenvalue weighted by atomic mass is 16.1. The summed E-state index contributed by atoms with van der Waals surface area (Å²) < 4.78 is 3.24. The summed E-state index contributed by atoms with van der Waals surface area (Å²) in [6.07, 6.45) is 7.88. The Kier molecular flexibility index (Phi) is 3.65. The van der Waals surface area contributed by atoms with Crippen molar-refractivity contribution < 1.29 is 4.79 Å². The largest absolute Gasteiger partial charge is 0.348 e. The number of nitrogens with zero attached hydrogens (tertiary/aromatic N) is 7. The second-order valence-corrected chi connectivity index (χ2v) is 5.41. The molecule has 0 saturated heterocycles. The second-order valence-electron chi connectivity index (χ2n) is 5.41. The van der Waals surface area contributed by atoms with Gasteiger partial charge in [-0.25, -0.2) is 14.6 Å². The molecule has 0 radical (unpaired) electrons. The zero-order valence-corrected chi connectivity index (χ0v) is 13.4. The Labute approximate surface area is 142 Å². The molecule has 0 bridgehead atoms. The average molecular weight is 334 g/mol. The molecule has 4 heterocycles. The van der Waals surface area contributed by atoms with E-state index in [0.717, 1.165) is 16.6 Å². The van der Waals surface area contributed by atoms with Gasteiger partial charge < -0.3 is 5.32 Å². The zero-order valence-electron chi connectivity index (χ0n) is 13.4. The van der Waals surface area contributed by atoms with Crippen molar-refractivity contribution in [2.24, 2.45) is 7.05 Å². The molecule has 0 saturated carbocycles. The number of rotatable bonds is 4. The van der Waals surface area contributed by atoms with Crippen LogP contribution in [-0.2, 0) is 13.6 Å². The van der Waals surface area contributed by atoms with Crippen molar-refractivity contribution in [3.8, 4) is 5.82 Å². The highest BCUT2D eigenvalue weighted by Crippen LogP contribution is 2.13. The van der Waals surface area contributed by atoms with E-state index in [1.165, 1.54) is 6.33 Å². The molecule has 0 fully saturated rings. The number of carbonyl (C=O) groups excluding carboxylic acids is 1. The van der Waals surface area contributed by atoms with Gasteiger partial charge >= 0.3 is 0 Å². The van der Waals surface area contributed by atoms with Gasteiger partial charge in [-0.3, -0.25) is 14.5 Å². The van der Waals surface area contributed by atoms with Crippen molar-refractivity contribution in [3.63, 3.8) is 0 Å². The average Bonchev–Trinajstić information content (AvgIpc) is 3.30. The number of aromatic nitrogens is 7. The van der Waals surface area contributed by atoms with E-state index in [9.17, 15) is 4.79 Å². The molecule has 0 aliphatic heterocycles. The first kappa shape index (κ1) is 14.9. The van der Waals surface area contributed by atoms with E-state index >= 15 is 0 Å². The Bertz CT molecular complexity index is 1040. The number of aryl methyl sites for hydroxylation is 1. The summed E-state index contributed by atoms with van der Waals surface area (Å²) in [4.78, 5) is 24.9. The Morgan fingerprint density at radius 3 is 3.00 bits per heavy atom. The van der Waals surface area contributed by atoms with E-state index < -0.39 is 0 Å². The summed E-state index contributed by atoms with van der Waals surface area (Å²) in [7, 11) is 1.81. The molecule has 4 rings (SSSR count). The molecule has 1 amide bonds. The minimum Gasteiger partial charge on any atom is -0.348 e. The van der Waals surface area contributed by atoms with Crippen molar-refractivity contribution in [2.75, 3.05) is 0 Å². The number of hydrogen-bond acceptors (Lipinski definition) is 6. The maximum absolute atomic E-state index is 12.5. The minimum absolute atomic E-state index is 0.219. The first-order valence-electron chi connectivity index (χ1n) is 7.57. The van der Waals surface area contributed by atoms with Crippen LogP contribution in [0.15, 0.2) is 49.4 Å². The molecule has 1 N–H and O–H groups in total. The number of nitrogens with one attached hydrogen (secondary N) is 1. The molecule has 0 aliphatic carbocycles. The molecule has 0 unspecified atom stereocenters. The maximum Gasteiger partial charge on any atom is 0.253 e. The Balaban J connectivity index is 1.55. The number of fused-ring (bicyclic) bond motifs is 1. The molecule has 4 aromatic rings. The van der Waals surface area contributed by atoms with Crippen molar-refractivity contribution in [3.05, 3.63) is 60.6 Å². The van der Waals surface area contributed by atoms with Gasteiger partial charge in [0.15, 0.2) is 5.82 Å². The monoisotopic (exact) mass is 334 g/mol. The third kappa shape index (κ3) is 2.82. The Morgan fingerprint density at radius 2 is 2.16 bits per heavy atom. The third-order valence-electron chi connectivity index (χ3n) is 3.80. The number of amides is 1. The molecule has 0 aromatic carbocycles. The van der Waals surface area contributed by atoms with Crippen LogP contribution in [0.1, 0.15) is 15.9 Å². The molecule has 25 heavy (non-hydrogen) atoms. The van der Waals surface area contributed by atoms with Gasteiger partial charge in [0.25, 0.3) is 5.91 Å². The number of carbonyl (C=O) groups is 1. The van der Waals surface area contributed by atoms with Gasteiger partial charge in [-0.1, -0.05) is 6.07 Å². The van der Waals surface area contributed by atoms with Gasteiger partial charge in [-0.2, -0.15) is 10.2 Å². The summed E-state index contributed by atoms with van der Waals surface area (Å²) in [5.74, 6) is 0.407. The Hall–Kier alpha value is -3.62. The molecule has 0 atom stereocenters. The highest BCUT2D eigenvalue weighted by Gasteiger charge is 2.11. The van der Waals surface area contributed by atoms with Gasteiger partial charge in [0, 0.05) is 31.5 Å². The summed E-state index contributed by atoms with van der Waals surface area (Å²) >= 11 is 0. The van der Waals surface area contributed by atoms with Gasteiger partial charge in [0.05, 0.1) is 17.3 Å². The van der Waals surface area contributed by atoms with E-state index in [1.807, 2.05) is 19.2 Å². The van der Waals surface area contributed by atoms with Crippen molar-refractivity contribution >= 4 is 16.9 Å². The van der Waals surface area contributed by atoms with Crippen LogP contribution in [0, 0.1) is 0 Å². The lowest BCUT2D eigenvalue weighted by atomic mass is 10.2.